The number of carbonyl (C=O) groups is 1. The lowest BCUT2D eigenvalue weighted by molar-refractivity contribution is -0.116. The average molecular weight is 444 g/mol. The van der Waals surface area contributed by atoms with Crippen molar-refractivity contribution in [3.63, 3.8) is 0 Å². The van der Waals surface area contributed by atoms with Gasteiger partial charge in [0, 0.05) is 36.1 Å². The Kier molecular flexibility index (Phi) is 6.09. The number of nitrogens with one attached hydrogen (secondary N) is 2. The molecule has 1 amide bonds. The number of carbonyl (C=O) groups excluding carboxylic acids is 1. The zero-order valence-corrected chi connectivity index (χ0v) is 18.3. The van der Waals surface area contributed by atoms with Crippen LogP contribution in [-0.4, -0.2) is 37.2 Å². The zero-order valence-electron chi connectivity index (χ0n) is 18.3. The van der Waals surface area contributed by atoms with Crippen molar-refractivity contribution in [3.05, 3.63) is 84.2 Å². The Hall–Kier alpha value is -3.64. The number of amides is 1. The molecule has 6 heteroatoms. The Morgan fingerprint density at radius 2 is 1.76 bits per heavy atom. The van der Waals surface area contributed by atoms with Gasteiger partial charge in [0.15, 0.2) is 0 Å². The van der Waals surface area contributed by atoms with Crippen LogP contribution in [-0.2, 0) is 16.0 Å². The van der Waals surface area contributed by atoms with E-state index in [1.807, 2.05) is 54.6 Å². The minimum atomic E-state index is -0.286. The molecule has 4 aromatic rings. The first-order valence-corrected chi connectivity index (χ1v) is 11.3. The molecule has 2 heterocycles. The molecule has 5 rings (SSSR count). The third-order valence-electron chi connectivity index (χ3n) is 6.06. The van der Waals surface area contributed by atoms with Crippen LogP contribution in [0, 0.1) is 5.82 Å². The normalized spacial score (nSPS) is 13.9. The highest BCUT2D eigenvalue weighted by Crippen LogP contribution is 2.32. The standard InChI is InChI=1S/C27H26FN3O2/c28-20-10-12-23-22(18-20)21(27(30-23)19-6-2-1-3-7-19)11-13-26(32)29-24-8-4-5-9-25(24)31-14-16-33-17-15-31/h1-10,12,18,30H,11,13-17H2,(H,29,32). The Morgan fingerprint density at radius 1 is 1.00 bits per heavy atom. The monoisotopic (exact) mass is 443 g/mol. The molecule has 0 aliphatic carbocycles. The maximum Gasteiger partial charge on any atom is 0.224 e. The summed E-state index contributed by atoms with van der Waals surface area (Å²) in [5.41, 5.74) is 5.57. The number of benzene rings is 3. The van der Waals surface area contributed by atoms with Crippen molar-refractivity contribution in [2.75, 3.05) is 36.5 Å². The summed E-state index contributed by atoms with van der Waals surface area (Å²) < 4.78 is 19.5. The first-order chi connectivity index (χ1) is 16.2. The van der Waals surface area contributed by atoms with Gasteiger partial charge in [-0.05, 0) is 47.9 Å². The summed E-state index contributed by atoms with van der Waals surface area (Å²) in [4.78, 5) is 18.6. The largest absolute Gasteiger partial charge is 0.378 e. The van der Waals surface area contributed by atoms with Gasteiger partial charge in [-0.2, -0.15) is 0 Å². The molecule has 0 spiro atoms. The van der Waals surface area contributed by atoms with Gasteiger partial charge in [-0.1, -0.05) is 42.5 Å². The zero-order chi connectivity index (χ0) is 22.6. The van der Waals surface area contributed by atoms with E-state index >= 15 is 0 Å². The van der Waals surface area contributed by atoms with Crippen LogP contribution in [0.1, 0.15) is 12.0 Å². The number of para-hydroxylation sites is 2. The molecular weight excluding hydrogens is 417 g/mol. The van der Waals surface area contributed by atoms with E-state index in [2.05, 4.69) is 15.2 Å². The third-order valence-corrected chi connectivity index (χ3v) is 6.06. The van der Waals surface area contributed by atoms with Gasteiger partial charge >= 0.3 is 0 Å². The molecule has 1 fully saturated rings. The van der Waals surface area contributed by atoms with Gasteiger partial charge in [0.2, 0.25) is 5.91 Å². The summed E-state index contributed by atoms with van der Waals surface area (Å²) in [7, 11) is 0. The highest BCUT2D eigenvalue weighted by Gasteiger charge is 2.18. The fourth-order valence-electron chi connectivity index (χ4n) is 4.44. The van der Waals surface area contributed by atoms with Gasteiger partial charge in [0.05, 0.1) is 24.6 Å². The Bertz CT molecular complexity index is 1260. The van der Waals surface area contributed by atoms with E-state index in [1.54, 1.807) is 12.1 Å². The van der Waals surface area contributed by atoms with Crippen molar-refractivity contribution in [1.29, 1.82) is 0 Å². The SMILES string of the molecule is O=C(CCc1c(-c2ccccc2)[nH]c2ccc(F)cc12)Nc1ccccc1N1CCOCC1. The van der Waals surface area contributed by atoms with Crippen LogP contribution in [0.4, 0.5) is 15.8 Å². The predicted molar refractivity (Wildman–Crippen MR) is 130 cm³/mol. The number of H-pyrrole nitrogens is 1. The summed E-state index contributed by atoms with van der Waals surface area (Å²) in [6, 6.07) is 22.5. The molecule has 33 heavy (non-hydrogen) atoms. The molecule has 2 N–H and O–H groups in total. The lowest BCUT2D eigenvalue weighted by Crippen LogP contribution is -2.36. The average Bonchev–Trinajstić information content (AvgIpc) is 3.22. The number of fused-ring (bicyclic) bond motifs is 1. The second kappa shape index (κ2) is 9.46. The molecule has 1 aliphatic heterocycles. The number of nitrogens with zero attached hydrogens (tertiary/aromatic N) is 1. The molecule has 0 saturated carbocycles. The first kappa shape index (κ1) is 21.2. The van der Waals surface area contributed by atoms with Crippen LogP contribution in [0.2, 0.25) is 0 Å². The minimum Gasteiger partial charge on any atom is -0.378 e. The molecule has 3 aromatic carbocycles. The minimum absolute atomic E-state index is 0.0690. The molecule has 5 nitrogen and oxygen atoms in total. The van der Waals surface area contributed by atoms with Crippen LogP contribution in [0.15, 0.2) is 72.8 Å². The highest BCUT2D eigenvalue weighted by molar-refractivity contribution is 5.96. The van der Waals surface area contributed by atoms with Crippen LogP contribution < -0.4 is 10.2 Å². The number of aromatic amines is 1. The maximum absolute atomic E-state index is 14.0. The molecule has 1 saturated heterocycles. The van der Waals surface area contributed by atoms with E-state index < -0.39 is 0 Å². The number of hydrogen-bond donors (Lipinski definition) is 2. The van der Waals surface area contributed by atoms with E-state index in [0.29, 0.717) is 26.1 Å². The van der Waals surface area contributed by atoms with Crippen molar-refractivity contribution in [3.8, 4) is 11.3 Å². The fraction of sp³-hybridized carbons (Fsp3) is 0.222. The lowest BCUT2D eigenvalue weighted by Gasteiger charge is -2.30. The molecule has 0 radical (unpaired) electrons. The second-order valence-electron chi connectivity index (χ2n) is 8.20. The molecule has 0 atom stereocenters. The molecule has 1 aromatic heterocycles. The molecule has 0 bridgehead atoms. The van der Waals surface area contributed by atoms with Crippen molar-refractivity contribution in [2.45, 2.75) is 12.8 Å². The number of aryl methyl sites for hydroxylation is 1. The smallest absolute Gasteiger partial charge is 0.224 e. The van der Waals surface area contributed by atoms with Crippen molar-refractivity contribution in [2.24, 2.45) is 0 Å². The predicted octanol–water partition coefficient (Wildman–Crippen LogP) is 5.38. The van der Waals surface area contributed by atoms with Gasteiger partial charge in [0.25, 0.3) is 0 Å². The van der Waals surface area contributed by atoms with E-state index in [9.17, 15) is 9.18 Å². The topological polar surface area (TPSA) is 57.4 Å². The van der Waals surface area contributed by atoms with E-state index in [0.717, 1.165) is 52.2 Å². The number of aromatic nitrogens is 1. The summed E-state index contributed by atoms with van der Waals surface area (Å²) in [6.07, 6.45) is 0.792. The van der Waals surface area contributed by atoms with Gasteiger partial charge < -0.3 is 19.9 Å². The first-order valence-electron chi connectivity index (χ1n) is 11.3. The number of ether oxygens (including phenoxy) is 1. The van der Waals surface area contributed by atoms with Crippen molar-refractivity contribution in [1.82, 2.24) is 4.98 Å². The second-order valence-corrected chi connectivity index (χ2v) is 8.20. The van der Waals surface area contributed by atoms with Crippen LogP contribution in [0.25, 0.3) is 22.2 Å². The van der Waals surface area contributed by atoms with Crippen molar-refractivity contribution < 1.29 is 13.9 Å². The van der Waals surface area contributed by atoms with E-state index in [4.69, 9.17) is 4.74 Å². The summed E-state index contributed by atoms with van der Waals surface area (Å²) >= 11 is 0. The maximum atomic E-state index is 14.0. The number of rotatable bonds is 6. The van der Waals surface area contributed by atoms with Crippen LogP contribution in [0.3, 0.4) is 0 Å². The number of anilines is 2. The van der Waals surface area contributed by atoms with Crippen molar-refractivity contribution >= 4 is 28.2 Å². The van der Waals surface area contributed by atoms with E-state index in [-0.39, 0.29) is 11.7 Å². The van der Waals surface area contributed by atoms with Gasteiger partial charge in [-0.3, -0.25) is 4.79 Å². The highest BCUT2D eigenvalue weighted by atomic mass is 19.1. The molecule has 168 valence electrons. The summed E-state index contributed by atoms with van der Waals surface area (Å²) in [5, 5.41) is 3.90. The van der Waals surface area contributed by atoms with Crippen LogP contribution in [0.5, 0.6) is 0 Å². The van der Waals surface area contributed by atoms with Crippen LogP contribution >= 0.6 is 0 Å². The number of morpholine rings is 1. The van der Waals surface area contributed by atoms with Gasteiger partial charge in [-0.25, -0.2) is 4.39 Å². The fourth-order valence-corrected chi connectivity index (χ4v) is 4.44. The Labute approximate surface area is 192 Å². The molecule has 1 aliphatic rings. The number of hydrogen-bond acceptors (Lipinski definition) is 3. The summed E-state index contributed by atoms with van der Waals surface area (Å²) in [6.45, 7) is 2.96. The van der Waals surface area contributed by atoms with E-state index in [1.165, 1.54) is 6.07 Å². The summed E-state index contributed by atoms with van der Waals surface area (Å²) in [5.74, 6) is -0.355. The Balaban J connectivity index is 1.37. The van der Waals surface area contributed by atoms with Gasteiger partial charge in [0.1, 0.15) is 5.82 Å². The molecular formula is C27H26FN3O2. The quantitative estimate of drug-likeness (QED) is 0.421. The van der Waals surface area contributed by atoms with Gasteiger partial charge in [-0.15, -0.1) is 0 Å². The number of halogens is 1. The lowest BCUT2D eigenvalue weighted by atomic mass is 10.0. The molecule has 0 unspecified atom stereocenters. The third kappa shape index (κ3) is 4.61. The Morgan fingerprint density at radius 3 is 2.58 bits per heavy atom.